The molecular weight excluding hydrogens is 315 g/mol. The maximum absolute atomic E-state index is 11.8. The van der Waals surface area contributed by atoms with Gasteiger partial charge in [-0.2, -0.15) is 0 Å². The van der Waals surface area contributed by atoms with Crippen LogP contribution in [0, 0.1) is 0 Å². The van der Waals surface area contributed by atoms with Crippen molar-refractivity contribution >= 4 is 35.1 Å². The Labute approximate surface area is 134 Å². The second-order valence-corrected chi connectivity index (χ2v) is 5.27. The summed E-state index contributed by atoms with van der Waals surface area (Å²) >= 11 is 11.5. The number of esters is 1. The third kappa shape index (κ3) is 7.29. The van der Waals surface area contributed by atoms with Crippen LogP contribution in [0.5, 0.6) is 0 Å². The van der Waals surface area contributed by atoms with E-state index in [2.05, 4.69) is 15.0 Å². The Morgan fingerprint density at radius 3 is 2.38 bits per heavy atom. The Morgan fingerprint density at radius 2 is 1.76 bits per heavy atom. The van der Waals surface area contributed by atoms with Crippen LogP contribution in [0.1, 0.15) is 42.5 Å². The second kappa shape index (κ2) is 9.58. The molecule has 0 spiro atoms. The van der Waals surface area contributed by atoms with Crippen molar-refractivity contribution in [3.8, 4) is 0 Å². The van der Waals surface area contributed by atoms with Gasteiger partial charge in [-0.1, -0.05) is 36.0 Å². The zero-order chi connectivity index (χ0) is 15.7. The van der Waals surface area contributed by atoms with Gasteiger partial charge in [0.15, 0.2) is 0 Å². The molecule has 0 radical (unpaired) electrons. The average molecular weight is 333 g/mol. The summed E-state index contributed by atoms with van der Waals surface area (Å²) < 4.78 is 4.56. The van der Waals surface area contributed by atoms with Crippen LogP contribution >= 0.6 is 23.2 Å². The minimum Gasteiger partial charge on any atom is -0.469 e. The van der Waals surface area contributed by atoms with Crippen molar-refractivity contribution < 1.29 is 14.3 Å². The van der Waals surface area contributed by atoms with Crippen LogP contribution in [0.15, 0.2) is 12.1 Å². The van der Waals surface area contributed by atoms with E-state index in [0.29, 0.717) is 18.5 Å². The number of unbranched alkanes of at least 4 members (excludes halogenated alkanes) is 3. The molecule has 5 nitrogen and oxygen atoms in total. The molecule has 0 aromatic carbocycles. The van der Waals surface area contributed by atoms with E-state index in [-0.39, 0.29) is 22.2 Å². The number of pyridine rings is 1. The summed E-state index contributed by atoms with van der Waals surface area (Å²) in [7, 11) is 1.38. The molecule has 1 amide bonds. The first-order chi connectivity index (χ1) is 10.0. The Balaban J connectivity index is 2.18. The standard InChI is InChI=1S/C14H18Cl2N2O3/c1-21-13(19)6-4-2-3-5-7-17-14(20)10-8-11(15)18-12(16)9-10/h8-9H,2-7H2,1H3,(H,17,20). The third-order valence-electron chi connectivity index (χ3n) is 2.85. The average Bonchev–Trinajstić information content (AvgIpc) is 2.44. The topological polar surface area (TPSA) is 68.3 Å². The number of nitrogens with zero attached hydrogens (tertiary/aromatic N) is 1. The largest absolute Gasteiger partial charge is 0.469 e. The highest BCUT2D eigenvalue weighted by Gasteiger charge is 2.08. The summed E-state index contributed by atoms with van der Waals surface area (Å²) in [6.07, 6.45) is 3.96. The van der Waals surface area contributed by atoms with E-state index in [1.54, 1.807) is 0 Å². The lowest BCUT2D eigenvalue weighted by atomic mass is 10.1. The molecule has 0 saturated carbocycles. The van der Waals surface area contributed by atoms with Crippen molar-refractivity contribution in [1.82, 2.24) is 10.3 Å². The highest BCUT2D eigenvalue weighted by Crippen LogP contribution is 2.14. The number of hydrogen-bond donors (Lipinski definition) is 1. The molecule has 1 N–H and O–H groups in total. The van der Waals surface area contributed by atoms with Crippen LogP contribution in [0.2, 0.25) is 10.3 Å². The van der Waals surface area contributed by atoms with Gasteiger partial charge in [-0.3, -0.25) is 9.59 Å². The summed E-state index contributed by atoms with van der Waals surface area (Å²) in [4.78, 5) is 26.5. The van der Waals surface area contributed by atoms with Gasteiger partial charge in [-0.05, 0) is 25.0 Å². The summed E-state index contributed by atoms with van der Waals surface area (Å²) in [6, 6.07) is 2.94. The minimum atomic E-state index is -0.226. The number of carbonyl (C=O) groups excluding carboxylic acids is 2. The van der Waals surface area contributed by atoms with Gasteiger partial charge in [0.05, 0.1) is 7.11 Å². The molecule has 1 rings (SSSR count). The Morgan fingerprint density at radius 1 is 1.14 bits per heavy atom. The van der Waals surface area contributed by atoms with Gasteiger partial charge in [-0.15, -0.1) is 0 Å². The van der Waals surface area contributed by atoms with E-state index in [9.17, 15) is 9.59 Å². The lowest BCUT2D eigenvalue weighted by Crippen LogP contribution is -2.24. The van der Waals surface area contributed by atoms with Crippen LogP contribution in [0.25, 0.3) is 0 Å². The first kappa shape index (κ1) is 17.7. The van der Waals surface area contributed by atoms with Gasteiger partial charge < -0.3 is 10.1 Å². The lowest BCUT2D eigenvalue weighted by Gasteiger charge is -2.06. The molecule has 0 aliphatic heterocycles. The molecule has 116 valence electrons. The highest BCUT2D eigenvalue weighted by atomic mass is 35.5. The van der Waals surface area contributed by atoms with Gasteiger partial charge in [0.2, 0.25) is 0 Å². The second-order valence-electron chi connectivity index (χ2n) is 4.50. The van der Waals surface area contributed by atoms with Crippen molar-refractivity contribution in [3.05, 3.63) is 28.0 Å². The van der Waals surface area contributed by atoms with Crippen LogP contribution in [-0.4, -0.2) is 30.5 Å². The maximum atomic E-state index is 11.8. The summed E-state index contributed by atoms with van der Waals surface area (Å²) in [5.74, 6) is -0.412. The number of carbonyl (C=O) groups is 2. The number of rotatable bonds is 8. The normalized spacial score (nSPS) is 10.2. The zero-order valence-corrected chi connectivity index (χ0v) is 13.3. The Hall–Kier alpha value is -1.33. The summed E-state index contributed by atoms with van der Waals surface area (Å²) in [6.45, 7) is 0.564. The number of methoxy groups -OCH3 is 1. The van der Waals surface area contributed by atoms with Gasteiger partial charge in [0.25, 0.3) is 5.91 Å². The molecule has 0 unspecified atom stereocenters. The van der Waals surface area contributed by atoms with Crippen LogP contribution < -0.4 is 5.32 Å². The predicted octanol–water partition coefficient (Wildman–Crippen LogP) is 3.24. The van der Waals surface area contributed by atoms with Gasteiger partial charge >= 0.3 is 5.97 Å². The predicted molar refractivity (Wildman–Crippen MR) is 81.7 cm³/mol. The van der Waals surface area contributed by atoms with Crippen LogP contribution in [0.3, 0.4) is 0 Å². The number of nitrogens with one attached hydrogen (secondary N) is 1. The van der Waals surface area contributed by atoms with E-state index in [1.165, 1.54) is 19.2 Å². The van der Waals surface area contributed by atoms with E-state index in [1.807, 2.05) is 0 Å². The monoisotopic (exact) mass is 332 g/mol. The lowest BCUT2D eigenvalue weighted by molar-refractivity contribution is -0.140. The first-order valence-corrected chi connectivity index (χ1v) is 7.46. The molecule has 1 aromatic heterocycles. The van der Waals surface area contributed by atoms with Gasteiger partial charge in [-0.25, -0.2) is 4.98 Å². The Bertz CT molecular complexity index is 475. The third-order valence-corrected chi connectivity index (χ3v) is 3.23. The van der Waals surface area contributed by atoms with E-state index < -0.39 is 0 Å². The quantitative estimate of drug-likeness (QED) is 0.450. The molecule has 0 fully saturated rings. The van der Waals surface area contributed by atoms with Gasteiger partial charge in [0, 0.05) is 18.5 Å². The van der Waals surface area contributed by atoms with Crippen LogP contribution in [-0.2, 0) is 9.53 Å². The zero-order valence-electron chi connectivity index (χ0n) is 11.8. The minimum absolute atomic E-state index is 0.185. The van der Waals surface area contributed by atoms with Crippen molar-refractivity contribution in [2.45, 2.75) is 32.1 Å². The molecule has 0 saturated heterocycles. The van der Waals surface area contributed by atoms with E-state index in [4.69, 9.17) is 23.2 Å². The smallest absolute Gasteiger partial charge is 0.305 e. The van der Waals surface area contributed by atoms with Crippen molar-refractivity contribution in [3.63, 3.8) is 0 Å². The highest BCUT2D eigenvalue weighted by molar-refractivity contribution is 6.33. The summed E-state index contributed by atoms with van der Waals surface area (Å²) in [5, 5.41) is 3.17. The fraction of sp³-hybridized carbons (Fsp3) is 0.500. The van der Waals surface area contributed by atoms with E-state index >= 15 is 0 Å². The fourth-order valence-electron chi connectivity index (χ4n) is 1.75. The summed E-state index contributed by atoms with van der Waals surface area (Å²) in [5.41, 5.74) is 0.394. The van der Waals surface area contributed by atoms with E-state index in [0.717, 1.165) is 25.7 Å². The van der Waals surface area contributed by atoms with Crippen molar-refractivity contribution in [1.29, 1.82) is 0 Å². The molecule has 7 heteroatoms. The SMILES string of the molecule is COC(=O)CCCCCCNC(=O)c1cc(Cl)nc(Cl)c1. The number of hydrogen-bond acceptors (Lipinski definition) is 4. The molecule has 1 aromatic rings. The first-order valence-electron chi connectivity index (χ1n) is 6.71. The van der Waals surface area contributed by atoms with Gasteiger partial charge in [0.1, 0.15) is 10.3 Å². The number of amides is 1. The molecule has 0 aliphatic carbocycles. The maximum Gasteiger partial charge on any atom is 0.305 e. The number of aromatic nitrogens is 1. The molecule has 1 heterocycles. The molecular formula is C14H18Cl2N2O3. The Kier molecular flexibility index (Phi) is 8.08. The fourth-order valence-corrected chi connectivity index (χ4v) is 2.21. The molecule has 21 heavy (non-hydrogen) atoms. The number of halogens is 2. The number of ether oxygens (including phenoxy) is 1. The van der Waals surface area contributed by atoms with Crippen LogP contribution in [0.4, 0.5) is 0 Å². The van der Waals surface area contributed by atoms with Crippen molar-refractivity contribution in [2.24, 2.45) is 0 Å². The molecule has 0 bridgehead atoms. The molecule has 0 atom stereocenters. The van der Waals surface area contributed by atoms with Crippen molar-refractivity contribution in [2.75, 3.05) is 13.7 Å². The molecule has 0 aliphatic rings.